The third-order valence-corrected chi connectivity index (χ3v) is 2.85. The third-order valence-electron chi connectivity index (χ3n) is 2.54. The maximum atomic E-state index is 6.10. The van der Waals surface area contributed by atoms with Gasteiger partial charge in [0.25, 0.3) is 0 Å². The highest BCUT2D eigenvalue weighted by Crippen LogP contribution is 2.27. The SMILES string of the molecule is Clc1cccnc1-c1cc2ccccc2[nH]1. The lowest BCUT2D eigenvalue weighted by Gasteiger charge is -1.98. The van der Waals surface area contributed by atoms with Crippen molar-refractivity contribution in [3.63, 3.8) is 0 Å². The predicted octanol–water partition coefficient (Wildman–Crippen LogP) is 3.88. The number of fused-ring (bicyclic) bond motifs is 1. The zero-order chi connectivity index (χ0) is 11.0. The lowest BCUT2D eigenvalue weighted by molar-refractivity contribution is 1.29. The van der Waals surface area contributed by atoms with E-state index in [4.69, 9.17) is 11.6 Å². The van der Waals surface area contributed by atoms with E-state index in [1.807, 2.05) is 30.3 Å². The number of hydrogen-bond acceptors (Lipinski definition) is 1. The van der Waals surface area contributed by atoms with Crippen molar-refractivity contribution in [3.8, 4) is 11.4 Å². The molecule has 3 aromatic rings. The molecule has 1 aromatic carbocycles. The normalized spacial score (nSPS) is 10.8. The number of nitrogens with one attached hydrogen (secondary N) is 1. The highest BCUT2D eigenvalue weighted by Gasteiger charge is 2.07. The first-order valence-electron chi connectivity index (χ1n) is 5.03. The van der Waals surface area contributed by atoms with Crippen LogP contribution in [0, 0.1) is 0 Å². The summed E-state index contributed by atoms with van der Waals surface area (Å²) >= 11 is 6.10. The number of hydrogen-bond donors (Lipinski definition) is 1. The van der Waals surface area contributed by atoms with Gasteiger partial charge in [-0.1, -0.05) is 29.8 Å². The van der Waals surface area contributed by atoms with E-state index < -0.39 is 0 Å². The summed E-state index contributed by atoms with van der Waals surface area (Å²) in [5.74, 6) is 0. The summed E-state index contributed by atoms with van der Waals surface area (Å²) in [7, 11) is 0. The molecular weight excluding hydrogens is 220 g/mol. The summed E-state index contributed by atoms with van der Waals surface area (Å²) in [4.78, 5) is 7.59. The molecule has 0 fully saturated rings. The van der Waals surface area contributed by atoms with Gasteiger partial charge in [-0.15, -0.1) is 0 Å². The molecule has 2 nitrogen and oxygen atoms in total. The van der Waals surface area contributed by atoms with Crippen LogP contribution in [0.15, 0.2) is 48.7 Å². The van der Waals surface area contributed by atoms with Gasteiger partial charge in [-0.05, 0) is 24.3 Å². The Morgan fingerprint density at radius 1 is 1.06 bits per heavy atom. The molecule has 0 unspecified atom stereocenters. The van der Waals surface area contributed by atoms with Crippen LogP contribution in [-0.4, -0.2) is 9.97 Å². The second-order valence-corrected chi connectivity index (χ2v) is 4.01. The van der Waals surface area contributed by atoms with Gasteiger partial charge in [0.2, 0.25) is 0 Å². The molecule has 3 rings (SSSR count). The Kier molecular flexibility index (Phi) is 2.15. The maximum absolute atomic E-state index is 6.10. The van der Waals surface area contributed by atoms with Crippen LogP contribution < -0.4 is 0 Å². The fraction of sp³-hybridized carbons (Fsp3) is 0. The molecule has 2 aromatic heterocycles. The van der Waals surface area contributed by atoms with Crippen molar-refractivity contribution in [2.75, 3.05) is 0 Å². The van der Waals surface area contributed by atoms with Crippen LogP contribution in [0.25, 0.3) is 22.3 Å². The molecule has 0 saturated carbocycles. The zero-order valence-corrected chi connectivity index (χ0v) is 9.20. The van der Waals surface area contributed by atoms with Crippen molar-refractivity contribution in [3.05, 3.63) is 53.7 Å². The summed E-state index contributed by atoms with van der Waals surface area (Å²) in [6.45, 7) is 0. The highest BCUT2D eigenvalue weighted by molar-refractivity contribution is 6.33. The maximum Gasteiger partial charge on any atom is 0.105 e. The van der Waals surface area contributed by atoms with Gasteiger partial charge in [0.05, 0.1) is 10.7 Å². The minimum Gasteiger partial charge on any atom is -0.353 e. The van der Waals surface area contributed by atoms with Crippen LogP contribution >= 0.6 is 11.6 Å². The largest absolute Gasteiger partial charge is 0.353 e. The van der Waals surface area contributed by atoms with Crippen LogP contribution in [0.3, 0.4) is 0 Å². The Morgan fingerprint density at radius 3 is 2.75 bits per heavy atom. The molecule has 0 aliphatic heterocycles. The number of nitrogens with zero attached hydrogens (tertiary/aromatic N) is 1. The van der Waals surface area contributed by atoms with Gasteiger partial charge in [0.1, 0.15) is 5.69 Å². The molecule has 0 bridgehead atoms. The zero-order valence-electron chi connectivity index (χ0n) is 8.44. The molecule has 78 valence electrons. The van der Waals surface area contributed by atoms with Crippen LogP contribution in [0.4, 0.5) is 0 Å². The second-order valence-electron chi connectivity index (χ2n) is 3.60. The summed E-state index contributed by atoms with van der Waals surface area (Å²) in [5, 5.41) is 1.83. The molecule has 0 saturated heterocycles. The summed E-state index contributed by atoms with van der Waals surface area (Å²) in [6, 6.07) is 13.8. The molecule has 16 heavy (non-hydrogen) atoms. The quantitative estimate of drug-likeness (QED) is 0.673. The number of pyridine rings is 1. The van der Waals surface area contributed by atoms with Gasteiger partial charge in [-0.3, -0.25) is 4.98 Å². The Bertz CT molecular complexity index is 610. The molecule has 1 N–H and O–H groups in total. The van der Waals surface area contributed by atoms with Crippen molar-refractivity contribution in [2.24, 2.45) is 0 Å². The van der Waals surface area contributed by atoms with Crippen molar-refractivity contribution in [2.45, 2.75) is 0 Å². The molecule has 0 atom stereocenters. The molecular formula is C13H9ClN2. The monoisotopic (exact) mass is 228 g/mol. The Hall–Kier alpha value is -1.80. The predicted molar refractivity (Wildman–Crippen MR) is 66.5 cm³/mol. The van der Waals surface area contributed by atoms with E-state index in [-0.39, 0.29) is 0 Å². The first-order valence-corrected chi connectivity index (χ1v) is 5.41. The lowest BCUT2D eigenvalue weighted by atomic mass is 10.2. The average Bonchev–Trinajstić information content (AvgIpc) is 2.73. The van der Waals surface area contributed by atoms with E-state index in [1.165, 1.54) is 5.39 Å². The summed E-state index contributed by atoms with van der Waals surface area (Å²) < 4.78 is 0. The lowest BCUT2D eigenvalue weighted by Crippen LogP contribution is -1.83. The third kappa shape index (κ3) is 1.48. The number of aromatic nitrogens is 2. The van der Waals surface area contributed by atoms with Crippen molar-refractivity contribution >= 4 is 22.5 Å². The van der Waals surface area contributed by atoms with E-state index in [2.05, 4.69) is 22.1 Å². The van der Waals surface area contributed by atoms with Gasteiger partial charge in [0, 0.05) is 17.1 Å². The van der Waals surface area contributed by atoms with Crippen molar-refractivity contribution in [1.82, 2.24) is 9.97 Å². The van der Waals surface area contributed by atoms with Crippen LogP contribution in [0.2, 0.25) is 5.02 Å². The number of para-hydroxylation sites is 1. The summed E-state index contributed by atoms with van der Waals surface area (Å²) in [5.41, 5.74) is 2.84. The minimum atomic E-state index is 0.661. The number of aromatic amines is 1. The number of H-pyrrole nitrogens is 1. The molecule has 0 aliphatic carbocycles. The molecule has 0 aliphatic rings. The molecule has 0 amide bonds. The van der Waals surface area contributed by atoms with Gasteiger partial charge < -0.3 is 4.98 Å². The van der Waals surface area contributed by atoms with Gasteiger partial charge in [-0.25, -0.2) is 0 Å². The fourth-order valence-electron chi connectivity index (χ4n) is 1.78. The van der Waals surface area contributed by atoms with Gasteiger partial charge in [-0.2, -0.15) is 0 Å². The van der Waals surface area contributed by atoms with Gasteiger partial charge in [0.15, 0.2) is 0 Å². The van der Waals surface area contributed by atoms with E-state index in [0.717, 1.165) is 16.9 Å². The number of halogens is 1. The Morgan fingerprint density at radius 2 is 1.94 bits per heavy atom. The van der Waals surface area contributed by atoms with E-state index in [0.29, 0.717) is 5.02 Å². The molecule has 3 heteroatoms. The van der Waals surface area contributed by atoms with Crippen LogP contribution in [-0.2, 0) is 0 Å². The number of benzene rings is 1. The van der Waals surface area contributed by atoms with Crippen molar-refractivity contribution < 1.29 is 0 Å². The average molecular weight is 229 g/mol. The fourth-order valence-corrected chi connectivity index (χ4v) is 2.01. The first-order chi connectivity index (χ1) is 7.84. The summed E-state index contributed by atoms with van der Waals surface area (Å²) in [6.07, 6.45) is 1.74. The van der Waals surface area contributed by atoms with Crippen LogP contribution in [0.1, 0.15) is 0 Å². The minimum absolute atomic E-state index is 0.661. The van der Waals surface area contributed by atoms with E-state index in [9.17, 15) is 0 Å². The smallest absolute Gasteiger partial charge is 0.105 e. The van der Waals surface area contributed by atoms with Crippen LogP contribution in [0.5, 0.6) is 0 Å². The molecule has 2 heterocycles. The Balaban J connectivity index is 2.23. The Labute approximate surface area is 97.9 Å². The van der Waals surface area contributed by atoms with E-state index in [1.54, 1.807) is 6.20 Å². The molecule has 0 radical (unpaired) electrons. The topological polar surface area (TPSA) is 28.7 Å². The second kappa shape index (κ2) is 3.65. The van der Waals surface area contributed by atoms with E-state index >= 15 is 0 Å². The standard InChI is InChI=1S/C13H9ClN2/c14-10-5-3-7-15-13(10)12-8-9-4-1-2-6-11(9)16-12/h1-8,16H. The first kappa shape index (κ1) is 9.43. The van der Waals surface area contributed by atoms with Gasteiger partial charge >= 0.3 is 0 Å². The number of rotatable bonds is 1. The molecule has 0 spiro atoms. The highest BCUT2D eigenvalue weighted by atomic mass is 35.5. The van der Waals surface area contributed by atoms with Crippen molar-refractivity contribution in [1.29, 1.82) is 0 Å².